The van der Waals surface area contributed by atoms with Crippen LogP contribution in [0.15, 0.2) is 42.5 Å². The molecule has 0 aliphatic carbocycles. The second-order valence-electron chi connectivity index (χ2n) is 8.08. The van der Waals surface area contributed by atoms with Gasteiger partial charge in [0.1, 0.15) is 11.8 Å². The van der Waals surface area contributed by atoms with E-state index < -0.39 is 15.3 Å². The molecule has 0 saturated carbocycles. The molecular formula is C22H30N4O3S. The number of carbonyl (C=O) groups is 1. The summed E-state index contributed by atoms with van der Waals surface area (Å²) in [6, 6.07) is 12.3. The monoisotopic (exact) mass is 430 g/mol. The van der Waals surface area contributed by atoms with Gasteiger partial charge in [-0.3, -0.25) is 20.0 Å². The zero-order valence-electron chi connectivity index (χ0n) is 18.1. The third-order valence-electron chi connectivity index (χ3n) is 5.44. The van der Waals surface area contributed by atoms with Crippen molar-refractivity contribution in [2.45, 2.75) is 52.0 Å². The number of amides is 1. The van der Waals surface area contributed by atoms with Gasteiger partial charge in [-0.05, 0) is 58.4 Å². The van der Waals surface area contributed by atoms with Gasteiger partial charge in [-0.1, -0.05) is 35.4 Å². The van der Waals surface area contributed by atoms with Gasteiger partial charge in [-0.25, -0.2) is 8.42 Å². The van der Waals surface area contributed by atoms with Gasteiger partial charge in [0.2, 0.25) is 15.9 Å². The molecule has 1 amide bonds. The van der Waals surface area contributed by atoms with Crippen LogP contribution >= 0.6 is 0 Å². The molecular weight excluding hydrogens is 400 g/mol. The van der Waals surface area contributed by atoms with Crippen molar-refractivity contribution >= 4 is 27.3 Å². The summed E-state index contributed by atoms with van der Waals surface area (Å²) in [5.74, 6) is -0.384. The number of hydrogen-bond donors (Lipinski definition) is 3. The third-order valence-corrected chi connectivity index (χ3v) is 7.90. The molecule has 3 rings (SSSR count). The number of carbonyl (C=O) groups excluding carboxylic acids is 1. The van der Waals surface area contributed by atoms with Crippen LogP contribution < -0.4 is 20.5 Å². The van der Waals surface area contributed by atoms with E-state index in [1.165, 1.54) is 4.31 Å². The molecule has 2 aromatic carbocycles. The molecule has 30 heavy (non-hydrogen) atoms. The van der Waals surface area contributed by atoms with E-state index in [4.69, 9.17) is 0 Å². The minimum atomic E-state index is -3.82. The first kappa shape index (κ1) is 22.3. The summed E-state index contributed by atoms with van der Waals surface area (Å²) in [4.78, 5) is 12.9. The topological polar surface area (TPSA) is 90.5 Å². The molecule has 1 heterocycles. The molecule has 7 nitrogen and oxygen atoms in total. The van der Waals surface area contributed by atoms with Gasteiger partial charge in [0.15, 0.2) is 0 Å². The summed E-state index contributed by atoms with van der Waals surface area (Å²) in [6.45, 7) is 9.18. The first-order chi connectivity index (χ1) is 14.1. The lowest BCUT2D eigenvalue weighted by Crippen LogP contribution is -2.49. The predicted octanol–water partition coefficient (Wildman–Crippen LogP) is 2.64. The highest BCUT2D eigenvalue weighted by atomic mass is 32.2. The van der Waals surface area contributed by atoms with E-state index in [1.807, 2.05) is 65.0 Å². The Hall–Kier alpha value is -2.42. The number of hydrogen-bond acceptors (Lipinski definition) is 5. The lowest BCUT2D eigenvalue weighted by atomic mass is 10.1. The molecule has 2 atom stereocenters. The van der Waals surface area contributed by atoms with Crippen LogP contribution in [-0.4, -0.2) is 38.2 Å². The lowest BCUT2D eigenvalue weighted by molar-refractivity contribution is -0.114. The Morgan fingerprint density at radius 3 is 2.10 bits per heavy atom. The zero-order chi connectivity index (χ0) is 22.1. The van der Waals surface area contributed by atoms with Crippen molar-refractivity contribution in [3.63, 3.8) is 0 Å². The first-order valence-electron chi connectivity index (χ1n) is 10.1. The van der Waals surface area contributed by atoms with Gasteiger partial charge in [-0.2, -0.15) is 0 Å². The summed E-state index contributed by atoms with van der Waals surface area (Å²) in [5, 5.41) is 2.16. The molecule has 2 unspecified atom stereocenters. The summed E-state index contributed by atoms with van der Waals surface area (Å²) in [5.41, 5.74) is 10.2. The van der Waals surface area contributed by atoms with Crippen molar-refractivity contribution in [3.8, 4) is 0 Å². The summed E-state index contributed by atoms with van der Waals surface area (Å²) in [7, 11) is -3.82. The van der Waals surface area contributed by atoms with Gasteiger partial charge in [0.25, 0.3) is 0 Å². The van der Waals surface area contributed by atoms with E-state index in [0.29, 0.717) is 11.4 Å². The van der Waals surface area contributed by atoms with E-state index in [2.05, 4.69) is 16.2 Å². The van der Waals surface area contributed by atoms with Gasteiger partial charge < -0.3 is 5.32 Å². The van der Waals surface area contributed by atoms with Crippen LogP contribution in [0.3, 0.4) is 0 Å². The Balaban J connectivity index is 1.91. The van der Waals surface area contributed by atoms with Crippen LogP contribution in [0, 0.1) is 20.8 Å². The van der Waals surface area contributed by atoms with Crippen LogP contribution in [-0.2, 0) is 14.8 Å². The van der Waals surface area contributed by atoms with Crippen molar-refractivity contribution in [1.29, 1.82) is 0 Å². The molecule has 1 fully saturated rings. The smallest absolute Gasteiger partial charge is 0.245 e. The molecule has 1 aliphatic rings. The number of nitrogens with one attached hydrogen (secondary N) is 3. The van der Waals surface area contributed by atoms with Crippen LogP contribution in [0.25, 0.3) is 0 Å². The maximum absolute atomic E-state index is 13.6. The number of anilines is 2. The maximum atomic E-state index is 13.6. The highest BCUT2D eigenvalue weighted by Gasteiger charge is 2.44. The van der Waals surface area contributed by atoms with Crippen molar-refractivity contribution in [3.05, 3.63) is 59.2 Å². The fourth-order valence-corrected chi connectivity index (χ4v) is 6.01. The average Bonchev–Trinajstić information content (AvgIpc) is 3.02. The Kier molecular flexibility index (Phi) is 6.50. The number of sulfonamides is 1. The fraction of sp³-hybridized carbons (Fsp3) is 0.409. The van der Waals surface area contributed by atoms with Crippen molar-refractivity contribution < 1.29 is 13.2 Å². The summed E-state index contributed by atoms with van der Waals surface area (Å²) < 4.78 is 28.4. The van der Waals surface area contributed by atoms with E-state index in [0.717, 1.165) is 16.7 Å². The lowest BCUT2D eigenvalue weighted by Gasteiger charge is -2.30. The zero-order valence-corrected chi connectivity index (χ0v) is 18.9. The number of nitrogens with zero attached hydrogens (tertiary/aromatic N) is 1. The predicted molar refractivity (Wildman–Crippen MR) is 121 cm³/mol. The molecule has 8 heteroatoms. The normalized spacial score (nSPS) is 21.4. The van der Waals surface area contributed by atoms with Crippen LogP contribution in [0.4, 0.5) is 11.4 Å². The molecule has 1 aliphatic heterocycles. The van der Waals surface area contributed by atoms with Gasteiger partial charge in [0.05, 0.1) is 5.69 Å². The standard InChI is InChI=1S/C22H30N4O3S/c1-14-6-9-19(10-7-14)26(30(28,29)22-17(4)24-25-18(22)5)13-21(27)23-20-11-8-15(2)12-16(20)3/h6-12,17-18,22,24-25H,13H2,1-5H3,(H,23,27). The summed E-state index contributed by atoms with van der Waals surface area (Å²) in [6.07, 6.45) is 0. The molecule has 0 aromatic heterocycles. The van der Waals surface area contributed by atoms with Crippen molar-refractivity contribution in [2.75, 3.05) is 16.2 Å². The van der Waals surface area contributed by atoms with Gasteiger partial charge in [0, 0.05) is 17.8 Å². The second kappa shape index (κ2) is 8.75. The highest BCUT2D eigenvalue weighted by Crippen LogP contribution is 2.26. The average molecular weight is 431 g/mol. The van der Waals surface area contributed by atoms with E-state index >= 15 is 0 Å². The number of hydrazine groups is 1. The minimum Gasteiger partial charge on any atom is -0.324 e. The third kappa shape index (κ3) is 4.66. The minimum absolute atomic E-state index is 0.291. The Morgan fingerprint density at radius 1 is 0.967 bits per heavy atom. The van der Waals surface area contributed by atoms with Crippen molar-refractivity contribution in [1.82, 2.24) is 10.9 Å². The van der Waals surface area contributed by atoms with Crippen molar-refractivity contribution in [2.24, 2.45) is 0 Å². The van der Waals surface area contributed by atoms with Crippen LogP contribution in [0.2, 0.25) is 0 Å². The quantitative estimate of drug-likeness (QED) is 0.655. The molecule has 0 radical (unpaired) electrons. The fourth-order valence-electron chi connectivity index (χ4n) is 3.84. The molecule has 2 aromatic rings. The Bertz CT molecular complexity index is 1010. The molecule has 0 spiro atoms. The molecule has 0 bridgehead atoms. The van der Waals surface area contributed by atoms with Gasteiger partial charge in [-0.15, -0.1) is 0 Å². The van der Waals surface area contributed by atoms with Crippen LogP contribution in [0.5, 0.6) is 0 Å². The Labute approximate surface area is 178 Å². The van der Waals surface area contributed by atoms with E-state index in [1.54, 1.807) is 12.1 Å². The first-order valence-corrected chi connectivity index (χ1v) is 11.6. The second-order valence-corrected chi connectivity index (χ2v) is 10.1. The van der Waals surface area contributed by atoms with E-state index in [-0.39, 0.29) is 24.5 Å². The van der Waals surface area contributed by atoms with E-state index in [9.17, 15) is 13.2 Å². The largest absolute Gasteiger partial charge is 0.324 e. The summed E-state index contributed by atoms with van der Waals surface area (Å²) >= 11 is 0. The molecule has 162 valence electrons. The number of rotatable bonds is 6. The molecule has 1 saturated heterocycles. The maximum Gasteiger partial charge on any atom is 0.245 e. The van der Waals surface area contributed by atoms with Gasteiger partial charge >= 0.3 is 0 Å². The van der Waals surface area contributed by atoms with Crippen LogP contribution in [0.1, 0.15) is 30.5 Å². The SMILES string of the molecule is Cc1ccc(N(CC(=O)Nc2ccc(C)cc2C)S(=O)(=O)C2C(C)NNC2C)cc1. The number of aryl methyl sites for hydroxylation is 3. The molecule has 3 N–H and O–H groups in total. The number of benzene rings is 2. The highest BCUT2D eigenvalue weighted by molar-refractivity contribution is 7.93. The Morgan fingerprint density at radius 2 is 1.53 bits per heavy atom.